The van der Waals surface area contributed by atoms with Crippen LogP contribution in [0.4, 0.5) is 0 Å². The lowest BCUT2D eigenvalue weighted by atomic mass is 10.1. The van der Waals surface area contributed by atoms with Crippen molar-refractivity contribution in [2.75, 3.05) is 40.1 Å². The van der Waals surface area contributed by atoms with E-state index >= 15 is 0 Å². The largest absolute Gasteiger partial charge is 0.382 e. The topological polar surface area (TPSA) is 56.8 Å². The standard InChI is InChI=1S/C12H23NO4/c1-15-8-9-16-10-12(14)13-6-5-11-4-2-3-7-17-11/h11H,2-10H2,1H3,(H,13,14). The number of hydrogen-bond acceptors (Lipinski definition) is 4. The van der Waals surface area contributed by atoms with E-state index in [4.69, 9.17) is 14.2 Å². The molecule has 0 aromatic heterocycles. The van der Waals surface area contributed by atoms with Crippen LogP contribution in [0.5, 0.6) is 0 Å². The van der Waals surface area contributed by atoms with Crippen LogP contribution in [0.25, 0.3) is 0 Å². The number of carbonyl (C=O) groups excluding carboxylic acids is 1. The molecule has 1 saturated heterocycles. The highest BCUT2D eigenvalue weighted by Crippen LogP contribution is 2.14. The summed E-state index contributed by atoms with van der Waals surface area (Å²) < 4.78 is 15.5. The van der Waals surface area contributed by atoms with E-state index in [1.54, 1.807) is 7.11 Å². The summed E-state index contributed by atoms with van der Waals surface area (Å²) in [5.74, 6) is -0.0723. The zero-order valence-electron chi connectivity index (χ0n) is 10.6. The Hall–Kier alpha value is -0.650. The third-order valence-corrected chi connectivity index (χ3v) is 2.73. The SMILES string of the molecule is COCCOCC(=O)NCCC1CCCCO1. The average Bonchev–Trinajstić information content (AvgIpc) is 2.36. The highest BCUT2D eigenvalue weighted by atomic mass is 16.5. The van der Waals surface area contributed by atoms with E-state index in [0.717, 1.165) is 25.9 Å². The number of methoxy groups -OCH3 is 1. The lowest BCUT2D eigenvalue weighted by Crippen LogP contribution is -2.32. The Balaban J connectivity index is 1.92. The Labute approximate surface area is 103 Å². The van der Waals surface area contributed by atoms with Gasteiger partial charge in [0, 0.05) is 20.3 Å². The van der Waals surface area contributed by atoms with Gasteiger partial charge in [-0.3, -0.25) is 4.79 Å². The van der Waals surface area contributed by atoms with Gasteiger partial charge in [0.05, 0.1) is 19.3 Å². The molecule has 0 saturated carbocycles. The number of amides is 1. The first kappa shape index (κ1) is 14.4. The molecule has 0 spiro atoms. The van der Waals surface area contributed by atoms with Gasteiger partial charge in [0.1, 0.15) is 6.61 Å². The average molecular weight is 245 g/mol. The lowest BCUT2D eigenvalue weighted by molar-refractivity contribution is -0.126. The van der Waals surface area contributed by atoms with Crippen molar-refractivity contribution in [1.29, 1.82) is 0 Å². The van der Waals surface area contributed by atoms with Gasteiger partial charge in [-0.05, 0) is 25.7 Å². The van der Waals surface area contributed by atoms with E-state index in [-0.39, 0.29) is 12.5 Å². The van der Waals surface area contributed by atoms with Crippen molar-refractivity contribution in [3.63, 3.8) is 0 Å². The summed E-state index contributed by atoms with van der Waals surface area (Å²) in [6.45, 7) is 2.60. The molecule has 0 aromatic carbocycles. The third-order valence-electron chi connectivity index (χ3n) is 2.73. The third kappa shape index (κ3) is 7.31. The molecule has 1 aliphatic heterocycles. The minimum atomic E-state index is -0.0723. The van der Waals surface area contributed by atoms with Crippen LogP contribution in [0.1, 0.15) is 25.7 Å². The Morgan fingerprint density at radius 2 is 2.29 bits per heavy atom. The van der Waals surface area contributed by atoms with Gasteiger partial charge >= 0.3 is 0 Å². The summed E-state index contributed by atoms with van der Waals surface area (Å²) in [5.41, 5.74) is 0. The molecule has 5 nitrogen and oxygen atoms in total. The van der Waals surface area contributed by atoms with E-state index in [1.807, 2.05) is 0 Å². The van der Waals surface area contributed by atoms with E-state index in [9.17, 15) is 4.79 Å². The van der Waals surface area contributed by atoms with Gasteiger partial charge in [0.2, 0.25) is 5.91 Å². The fourth-order valence-corrected chi connectivity index (χ4v) is 1.77. The van der Waals surface area contributed by atoms with Crippen LogP contribution in [0.2, 0.25) is 0 Å². The molecule has 17 heavy (non-hydrogen) atoms. The first-order chi connectivity index (χ1) is 8.33. The van der Waals surface area contributed by atoms with Crippen molar-refractivity contribution >= 4 is 5.91 Å². The molecule has 0 aromatic rings. The monoisotopic (exact) mass is 245 g/mol. The van der Waals surface area contributed by atoms with Crippen LogP contribution in [-0.2, 0) is 19.0 Å². The van der Waals surface area contributed by atoms with Crippen LogP contribution in [-0.4, -0.2) is 52.1 Å². The normalized spacial score (nSPS) is 20.2. The highest BCUT2D eigenvalue weighted by Gasteiger charge is 2.13. The second-order valence-electron chi connectivity index (χ2n) is 4.17. The Kier molecular flexibility index (Phi) is 7.96. The van der Waals surface area contributed by atoms with Gasteiger partial charge in [-0.25, -0.2) is 0 Å². The minimum absolute atomic E-state index is 0.0723. The zero-order chi connectivity index (χ0) is 12.3. The van der Waals surface area contributed by atoms with Crippen molar-refractivity contribution < 1.29 is 19.0 Å². The van der Waals surface area contributed by atoms with Gasteiger partial charge in [0.15, 0.2) is 0 Å². The lowest BCUT2D eigenvalue weighted by Gasteiger charge is -2.22. The minimum Gasteiger partial charge on any atom is -0.382 e. The first-order valence-corrected chi connectivity index (χ1v) is 6.28. The van der Waals surface area contributed by atoms with Crippen LogP contribution >= 0.6 is 0 Å². The van der Waals surface area contributed by atoms with E-state index < -0.39 is 0 Å². The molecule has 1 amide bonds. The summed E-state index contributed by atoms with van der Waals surface area (Å²) in [6.07, 6.45) is 4.72. The molecule has 1 atom stereocenters. The summed E-state index contributed by atoms with van der Waals surface area (Å²) in [5, 5.41) is 2.82. The van der Waals surface area contributed by atoms with E-state index in [1.165, 1.54) is 6.42 Å². The second-order valence-corrected chi connectivity index (χ2v) is 4.17. The van der Waals surface area contributed by atoms with Gasteiger partial charge < -0.3 is 19.5 Å². The molecule has 100 valence electrons. The molecule has 1 aliphatic rings. The van der Waals surface area contributed by atoms with Crippen LogP contribution in [0, 0.1) is 0 Å². The second kappa shape index (κ2) is 9.39. The predicted octanol–water partition coefficient (Wildman–Crippen LogP) is 0.725. The van der Waals surface area contributed by atoms with Crippen molar-refractivity contribution in [1.82, 2.24) is 5.32 Å². The molecule has 1 unspecified atom stereocenters. The molecule has 0 bridgehead atoms. The van der Waals surface area contributed by atoms with Gasteiger partial charge in [0.25, 0.3) is 0 Å². The molecule has 5 heteroatoms. The van der Waals surface area contributed by atoms with Crippen molar-refractivity contribution in [3.8, 4) is 0 Å². The molecular formula is C12H23NO4. The zero-order valence-corrected chi connectivity index (χ0v) is 10.6. The summed E-state index contributed by atoms with van der Waals surface area (Å²) in [4.78, 5) is 11.3. The number of hydrogen-bond donors (Lipinski definition) is 1. The number of carbonyl (C=O) groups is 1. The molecule has 1 N–H and O–H groups in total. The molecule has 1 rings (SSSR count). The molecule has 0 radical (unpaired) electrons. The van der Waals surface area contributed by atoms with Crippen LogP contribution in [0.3, 0.4) is 0 Å². The summed E-state index contributed by atoms with van der Waals surface area (Å²) >= 11 is 0. The number of nitrogens with one attached hydrogen (secondary N) is 1. The van der Waals surface area contributed by atoms with E-state index in [2.05, 4.69) is 5.32 Å². The fraction of sp³-hybridized carbons (Fsp3) is 0.917. The maximum Gasteiger partial charge on any atom is 0.246 e. The fourth-order valence-electron chi connectivity index (χ4n) is 1.77. The Morgan fingerprint density at radius 3 is 3.00 bits per heavy atom. The summed E-state index contributed by atoms with van der Waals surface area (Å²) in [7, 11) is 1.60. The summed E-state index contributed by atoms with van der Waals surface area (Å²) in [6, 6.07) is 0. The number of ether oxygens (including phenoxy) is 3. The molecule has 1 heterocycles. The molecular weight excluding hydrogens is 222 g/mol. The van der Waals surface area contributed by atoms with Crippen LogP contribution in [0.15, 0.2) is 0 Å². The maximum absolute atomic E-state index is 11.3. The highest BCUT2D eigenvalue weighted by molar-refractivity contribution is 5.77. The number of rotatable bonds is 8. The van der Waals surface area contributed by atoms with Crippen LogP contribution < -0.4 is 5.32 Å². The van der Waals surface area contributed by atoms with Gasteiger partial charge in [-0.2, -0.15) is 0 Å². The van der Waals surface area contributed by atoms with E-state index in [0.29, 0.717) is 25.9 Å². The molecule has 0 aliphatic carbocycles. The van der Waals surface area contributed by atoms with Crippen molar-refractivity contribution in [3.05, 3.63) is 0 Å². The van der Waals surface area contributed by atoms with Crippen molar-refractivity contribution in [2.45, 2.75) is 31.8 Å². The molecule has 1 fully saturated rings. The smallest absolute Gasteiger partial charge is 0.246 e. The van der Waals surface area contributed by atoms with Gasteiger partial charge in [-0.1, -0.05) is 0 Å². The first-order valence-electron chi connectivity index (χ1n) is 6.28. The maximum atomic E-state index is 11.3. The van der Waals surface area contributed by atoms with Gasteiger partial charge in [-0.15, -0.1) is 0 Å². The Bertz CT molecular complexity index is 205. The van der Waals surface area contributed by atoms with Crippen molar-refractivity contribution in [2.24, 2.45) is 0 Å². The quantitative estimate of drug-likeness (QED) is 0.640. The predicted molar refractivity (Wildman–Crippen MR) is 63.9 cm³/mol. The Morgan fingerprint density at radius 1 is 1.41 bits per heavy atom.